The number of carbonyl (C=O) groups is 2. The molecule has 3 rings (SSSR count). The lowest BCUT2D eigenvalue weighted by Gasteiger charge is -2.32. The molecule has 130 valence electrons. The number of hydrogen-bond donors (Lipinski definition) is 1. The van der Waals surface area contributed by atoms with Gasteiger partial charge in [0.1, 0.15) is 6.54 Å². The molecule has 1 aliphatic rings. The predicted molar refractivity (Wildman–Crippen MR) is 102 cm³/mol. The van der Waals surface area contributed by atoms with Gasteiger partial charge in [0.2, 0.25) is 11.8 Å². The zero-order valence-electron chi connectivity index (χ0n) is 13.9. The van der Waals surface area contributed by atoms with Crippen molar-refractivity contribution in [3.8, 4) is 0 Å². The highest BCUT2D eigenvalue weighted by Gasteiger charge is 2.33. The molecular weight excluding hydrogens is 356 g/mol. The molecule has 1 N–H and O–H groups in total. The first-order chi connectivity index (χ1) is 12.1. The van der Waals surface area contributed by atoms with Gasteiger partial charge in [-0.15, -0.1) is 11.8 Å². The van der Waals surface area contributed by atoms with E-state index in [0.717, 1.165) is 22.6 Å². The Bertz CT molecular complexity index is 796. The number of nitrogens with zero attached hydrogens (tertiary/aromatic N) is 1. The topological polar surface area (TPSA) is 49.4 Å². The third-order valence-electron chi connectivity index (χ3n) is 4.07. The first kappa shape index (κ1) is 17.8. The molecule has 0 saturated heterocycles. The van der Waals surface area contributed by atoms with Crippen LogP contribution in [0.25, 0.3) is 0 Å². The van der Waals surface area contributed by atoms with Crippen molar-refractivity contribution >= 4 is 40.9 Å². The first-order valence-corrected chi connectivity index (χ1v) is 9.43. The summed E-state index contributed by atoms with van der Waals surface area (Å²) < 4.78 is 0. The Labute approximate surface area is 156 Å². The fourth-order valence-corrected chi connectivity index (χ4v) is 4.09. The van der Waals surface area contributed by atoms with Gasteiger partial charge in [-0.25, -0.2) is 0 Å². The van der Waals surface area contributed by atoms with E-state index in [1.165, 1.54) is 0 Å². The monoisotopic (exact) mass is 374 g/mol. The van der Waals surface area contributed by atoms with Crippen LogP contribution in [-0.2, 0) is 16.1 Å². The maximum atomic E-state index is 12.7. The summed E-state index contributed by atoms with van der Waals surface area (Å²) in [5, 5.41) is 3.32. The minimum absolute atomic E-state index is 0.0113. The predicted octanol–water partition coefficient (Wildman–Crippen LogP) is 3.87. The second-order valence-electron chi connectivity index (χ2n) is 5.77. The minimum atomic E-state index is -0.204. The molecule has 0 aromatic heterocycles. The number of hydrogen-bond acceptors (Lipinski definition) is 3. The van der Waals surface area contributed by atoms with Gasteiger partial charge in [0.05, 0.1) is 10.9 Å². The van der Waals surface area contributed by atoms with Gasteiger partial charge in [0.25, 0.3) is 0 Å². The molecule has 0 aliphatic carbocycles. The summed E-state index contributed by atoms with van der Waals surface area (Å²) in [6.45, 7) is 2.34. The van der Waals surface area contributed by atoms with Crippen LogP contribution in [0.3, 0.4) is 0 Å². The van der Waals surface area contributed by atoms with Crippen LogP contribution in [0.15, 0.2) is 53.4 Å². The van der Waals surface area contributed by atoms with E-state index in [9.17, 15) is 9.59 Å². The molecule has 0 bridgehead atoms. The molecule has 25 heavy (non-hydrogen) atoms. The van der Waals surface area contributed by atoms with E-state index in [0.29, 0.717) is 11.6 Å². The van der Waals surface area contributed by atoms with E-state index >= 15 is 0 Å². The summed E-state index contributed by atoms with van der Waals surface area (Å²) in [5.74, 6) is -0.219. The zero-order valence-corrected chi connectivity index (χ0v) is 15.4. The Morgan fingerprint density at radius 1 is 1.20 bits per heavy atom. The van der Waals surface area contributed by atoms with Gasteiger partial charge in [0, 0.05) is 16.5 Å². The smallest absolute Gasteiger partial charge is 0.240 e. The summed E-state index contributed by atoms with van der Waals surface area (Å²) in [6, 6.07) is 15.1. The van der Waals surface area contributed by atoms with Gasteiger partial charge in [-0.3, -0.25) is 9.59 Å². The summed E-state index contributed by atoms with van der Waals surface area (Å²) in [5.41, 5.74) is 1.65. The van der Waals surface area contributed by atoms with Crippen LogP contribution >= 0.6 is 23.4 Å². The fourth-order valence-electron chi connectivity index (χ4n) is 2.73. The summed E-state index contributed by atoms with van der Waals surface area (Å²) in [4.78, 5) is 27.7. The second kappa shape index (κ2) is 7.93. The largest absolute Gasteiger partial charge is 0.350 e. The van der Waals surface area contributed by atoms with Crippen molar-refractivity contribution in [3.63, 3.8) is 0 Å². The van der Waals surface area contributed by atoms with Gasteiger partial charge >= 0.3 is 0 Å². The van der Waals surface area contributed by atoms with Crippen LogP contribution in [0.2, 0.25) is 5.02 Å². The number of thioether (sulfide) groups is 1. The number of amides is 2. The highest BCUT2D eigenvalue weighted by atomic mass is 35.5. The second-order valence-corrected chi connectivity index (χ2v) is 7.43. The molecule has 2 amide bonds. The molecule has 0 radical (unpaired) electrons. The lowest BCUT2D eigenvalue weighted by atomic mass is 10.2. The van der Waals surface area contributed by atoms with Crippen LogP contribution in [0.4, 0.5) is 5.69 Å². The van der Waals surface area contributed by atoms with Crippen LogP contribution in [0.1, 0.15) is 18.9 Å². The Balaban J connectivity index is 1.71. The van der Waals surface area contributed by atoms with Crippen molar-refractivity contribution in [2.24, 2.45) is 0 Å². The Morgan fingerprint density at radius 3 is 2.68 bits per heavy atom. The quantitative estimate of drug-likeness (QED) is 0.864. The molecular formula is C19H19ClN2O2S. The van der Waals surface area contributed by atoms with E-state index in [2.05, 4.69) is 5.32 Å². The number of fused-ring (bicyclic) bond motifs is 1. The van der Waals surface area contributed by atoms with Crippen LogP contribution in [-0.4, -0.2) is 23.6 Å². The number of anilines is 1. The van der Waals surface area contributed by atoms with Gasteiger partial charge in [0.15, 0.2) is 0 Å². The maximum Gasteiger partial charge on any atom is 0.240 e. The number of para-hydroxylation sites is 1. The Kier molecular flexibility index (Phi) is 5.66. The number of nitrogens with one attached hydrogen (secondary N) is 1. The molecule has 0 saturated carbocycles. The van der Waals surface area contributed by atoms with Crippen LogP contribution in [0, 0.1) is 0 Å². The highest BCUT2D eigenvalue weighted by molar-refractivity contribution is 8.01. The average Bonchev–Trinajstić information content (AvgIpc) is 2.63. The number of benzene rings is 2. The molecule has 2 aromatic carbocycles. The highest BCUT2D eigenvalue weighted by Crippen LogP contribution is 2.39. The third kappa shape index (κ3) is 3.99. The Hall–Kier alpha value is -1.98. The van der Waals surface area contributed by atoms with Crippen molar-refractivity contribution in [2.75, 3.05) is 11.4 Å². The lowest BCUT2D eigenvalue weighted by Crippen LogP contribution is -2.46. The van der Waals surface area contributed by atoms with E-state index in [4.69, 9.17) is 11.6 Å². The van der Waals surface area contributed by atoms with Gasteiger partial charge in [-0.2, -0.15) is 0 Å². The van der Waals surface area contributed by atoms with Gasteiger partial charge in [-0.05, 0) is 30.2 Å². The van der Waals surface area contributed by atoms with Crippen LogP contribution in [0.5, 0.6) is 0 Å². The SMILES string of the molecule is CC[C@@H]1Sc2ccccc2N(CC(=O)NCc2ccccc2Cl)C1=O. The van der Waals surface area contributed by atoms with Crippen molar-refractivity contribution in [1.29, 1.82) is 0 Å². The molecule has 0 fully saturated rings. The van der Waals surface area contributed by atoms with E-state index in [-0.39, 0.29) is 23.6 Å². The fraction of sp³-hybridized carbons (Fsp3) is 0.263. The molecule has 6 heteroatoms. The maximum absolute atomic E-state index is 12.7. The van der Waals surface area contributed by atoms with E-state index in [1.54, 1.807) is 22.7 Å². The summed E-state index contributed by atoms with van der Waals surface area (Å²) in [7, 11) is 0. The molecule has 1 atom stereocenters. The number of halogens is 1. The molecule has 1 aliphatic heterocycles. The lowest BCUT2D eigenvalue weighted by molar-refractivity contribution is -0.123. The third-order valence-corrected chi connectivity index (χ3v) is 5.86. The number of rotatable bonds is 5. The first-order valence-electron chi connectivity index (χ1n) is 8.17. The molecule has 0 spiro atoms. The minimum Gasteiger partial charge on any atom is -0.350 e. The van der Waals surface area contributed by atoms with E-state index < -0.39 is 0 Å². The van der Waals surface area contributed by atoms with Crippen molar-refractivity contribution in [3.05, 3.63) is 59.1 Å². The average molecular weight is 375 g/mol. The van der Waals surface area contributed by atoms with Crippen molar-refractivity contribution in [2.45, 2.75) is 30.0 Å². The molecule has 1 heterocycles. The van der Waals surface area contributed by atoms with Gasteiger partial charge < -0.3 is 10.2 Å². The number of carbonyl (C=O) groups excluding carboxylic acids is 2. The normalized spacial score (nSPS) is 16.5. The van der Waals surface area contributed by atoms with E-state index in [1.807, 2.05) is 49.4 Å². The van der Waals surface area contributed by atoms with Crippen molar-refractivity contribution in [1.82, 2.24) is 5.32 Å². The van der Waals surface area contributed by atoms with Gasteiger partial charge in [-0.1, -0.05) is 48.9 Å². The van der Waals surface area contributed by atoms with Crippen molar-refractivity contribution < 1.29 is 9.59 Å². The van der Waals surface area contributed by atoms with Crippen LogP contribution < -0.4 is 10.2 Å². The zero-order chi connectivity index (χ0) is 17.8. The standard InChI is InChI=1S/C19H19ClN2O2S/c1-2-16-19(24)22(15-9-5-6-10-17(15)25-16)12-18(23)21-11-13-7-3-4-8-14(13)20/h3-10,16H,2,11-12H2,1H3,(H,21,23)/t16-/m0/s1. The molecule has 0 unspecified atom stereocenters. The molecule has 2 aromatic rings. The molecule has 4 nitrogen and oxygen atoms in total. The summed E-state index contributed by atoms with van der Waals surface area (Å²) in [6.07, 6.45) is 0.732. The summed E-state index contributed by atoms with van der Waals surface area (Å²) >= 11 is 7.68. The Morgan fingerprint density at radius 2 is 1.92 bits per heavy atom.